The highest BCUT2D eigenvalue weighted by atomic mass is 32.1. The van der Waals surface area contributed by atoms with E-state index in [2.05, 4.69) is 45.1 Å². The number of carbonyl (C=O) groups excluding carboxylic acids is 1. The van der Waals surface area contributed by atoms with Gasteiger partial charge in [0.2, 0.25) is 0 Å². The molecule has 4 aromatic rings. The molecule has 0 bridgehead atoms. The number of pyridine rings is 1. The lowest BCUT2D eigenvalue weighted by Crippen LogP contribution is -2.26. The highest BCUT2D eigenvalue weighted by Crippen LogP contribution is 2.40. The van der Waals surface area contributed by atoms with Gasteiger partial charge < -0.3 is 9.84 Å². The number of nitrogens with one attached hydrogen (secondary N) is 1. The van der Waals surface area contributed by atoms with E-state index in [4.69, 9.17) is 4.52 Å². The zero-order valence-electron chi connectivity index (χ0n) is 15.0. The average molecular weight is 377 g/mol. The quantitative estimate of drug-likeness (QED) is 0.552. The fraction of sp³-hybridized carbons (Fsp3) is 0.286. The third-order valence-electron chi connectivity index (χ3n) is 5.12. The topological polar surface area (TPSA) is 68.0 Å². The van der Waals surface area contributed by atoms with Crippen molar-refractivity contribution in [1.82, 2.24) is 15.5 Å². The third kappa shape index (κ3) is 3.00. The molecule has 0 saturated heterocycles. The van der Waals surface area contributed by atoms with Gasteiger partial charge in [0, 0.05) is 22.9 Å². The van der Waals surface area contributed by atoms with Crippen molar-refractivity contribution in [3.8, 4) is 0 Å². The molecule has 5 rings (SSSR count). The summed E-state index contributed by atoms with van der Waals surface area (Å²) in [5, 5.41) is 11.2. The molecule has 27 heavy (non-hydrogen) atoms. The van der Waals surface area contributed by atoms with E-state index in [-0.39, 0.29) is 5.91 Å². The molecular weight excluding hydrogens is 358 g/mol. The van der Waals surface area contributed by atoms with Gasteiger partial charge in [-0.2, -0.15) is 0 Å². The van der Waals surface area contributed by atoms with Crippen LogP contribution in [0.3, 0.4) is 0 Å². The molecule has 0 radical (unpaired) electrons. The Balaban J connectivity index is 1.37. The van der Waals surface area contributed by atoms with E-state index >= 15 is 0 Å². The van der Waals surface area contributed by atoms with Crippen molar-refractivity contribution in [2.75, 3.05) is 6.54 Å². The van der Waals surface area contributed by atoms with Crippen LogP contribution in [-0.4, -0.2) is 22.6 Å². The van der Waals surface area contributed by atoms with Gasteiger partial charge in [-0.3, -0.25) is 4.79 Å². The molecule has 3 heterocycles. The lowest BCUT2D eigenvalue weighted by atomic mass is 10.1. The molecule has 1 saturated carbocycles. The van der Waals surface area contributed by atoms with E-state index in [1.807, 2.05) is 13.0 Å². The molecule has 1 aromatic carbocycles. The minimum atomic E-state index is -0.0878. The van der Waals surface area contributed by atoms with Crippen LogP contribution in [0.4, 0.5) is 0 Å². The Bertz CT molecular complexity index is 1160. The monoisotopic (exact) mass is 377 g/mol. The minimum Gasteiger partial charge on any atom is -0.352 e. The molecule has 0 unspecified atom stereocenters. The van der Waals surface area contributed by atoms with Crippen LogP contribution in [0.1, 0.15) is 46.1 Å². The van der Waals surface area contributed by atoms with E-state index in [9.17, 15) is 4.79 Å². The Kier molecular flexibility index (Phi) is 3.93. The number of nitrogens with zero attached hydrogens (tertiary/aromatic N) is 2. The zero-order chi connectivity index (χ0) is 18.4. The Labute approximate surface area is 160 Å². The molecule has 1 amide bonds. The predicted octanol–water partition coefficient (Wildman–Crippen LogP) is 4.60. The average Bonchev–Trinajstić information content (AvgIpc) is 3.37. The van der Waals surface area contributed by atoms with Crippen LogP contribution in [-0.2, 0) is 6.42 Å². The van der Waals surface area contributed by atoms with Gasteiger partial charge in [-0.1, -0.05) is 23.4 Å². The van der Waals surface area contributed by atoms with E-state index < -0.39 is 0 Å². The Morgan fingerprint density at radius 2 is 2.19 bits per heavy atom. The summed E-state index contributed by atoms with van der Waals surface area (Å²) in [7, 11) is 0. The molecule has 136 valence electrons. The largest absolute Gasteiger partial charge is 0.352 e. The predicted molar refractivity (Wildman–Crippen MR) is 106 cm³/mol. The fourth-order valence-electron chi connectivity index (χ4n) is 3.51. The number of benzene rings is 1. The first kappa shape index (κ1) is 16.4. The van der Waals surface area contributed by atoms with Crippen LogP contribution in [0.5, 0.6) is 0 Å². The molecule has 5 nitrogen and oxygen atoms in total. The highest BCUT2D eigenvalue weighted by molar-refractivity contribution is 7.17. The first-order valence-corrected chi connectivity index (χ1v) is 10.1. The molecule has 1 aliphatic carbocycles. The summed E-state index contributed by atoms with van der Waals surface area (Å²) in [6.45, 7) is 2.44. The van der Waals surface area contributed by atoms with E-state index in [0.717, 1.165) is 30.3 Å². The number of aromatic nitrogens is 2. The molecule has 1 aliphatic rings. The lowest BCUT2D eigenvalue weighted by Gasteiger charge is -2.08. The SMILES string of the molecule is Cc1noc2nc(C3CC3)cc(C(=O)NCCc3csc4ccccc34)c12. The Morgan fingerprint density at radius 3 is 3.04 bits per heavy atom. The van der Waals surface area contributed by atoms with Gasteiger partial charge >= 0.3 is 0 Å². The summed E-state index contributed by atoms with van der Waals surface area (Å²) in [4.78, 5) is 17.4. The number of aryl methyl sites for hydroxylation is 1. The molecule has 0 atom stereocenters. The normalized spacial score (nSPS) is 14.1. The standard InChI is InChI=1S/C21H19N3O2S/c1-12-19-16(10-17(13-6-7-13)23-21(19)26-24-12)20(25)22-9-8-14-11-27-18-5-3-2-4-15(14)18/h2-5,10-11,13H,6-9H2,1H3,(H,22,25). The molecule has 1 N–H and O–H groups in total. The maximum Gasteiger partial charge on any atom is 0.259 e. The van der Waals surface area contributed by atoms with Crippen LogP contribution in [0.15, 0.2) is 40.2 Å². The Hall–Kier alpha value is -2.73. The van der Waals surface area contributed by atoms with Crippen LogP contribution in [0, 0.1) is 6.92 Å². The first-order chi connectivity index (χ1) is 13.2. The van der Waals surface area contributed by atoms with Crippen LogP contribution in [0.25, 0.3) is 21.2 Å². The lowest BCUT2D eigenvalue weighted by molar-refractivity contribution is 0.0955. The van der Waals surface area contributed by atoms with Gasteiger partial charge in [-0.15, -0.1) is 11.3 Å². The van der Waals surface area contributed by atoms with Crippen molar-refractivity contribution in [3.63, 3.8) is 0 Å². The van der Waals surface area contributed by atoms with E-state index in [1.165, 1.54) is 15.6 Å². The Morgan fingerprint density at radius 1 is 1.33 bits per heavy atom. The summed E-state index contributed by atoms with van der Waals surface area (Å²) in [6.07, 6.45) is 3.05. The molecular formula is C21H19N3O2S. The minimum absolute atomic E-state index is 0.0878. The summed E-state index contributed by atoms with van der Waals surface area (Å²) in [6, 6.07) is 10.3. The van der Waals surface area contributed by atoms with Crippen molar-refractivity contribution < 1.29 is 9.32 Å². The summed E-state index contributed by atoms with van der Waals surface area (Å²) in [5.41, 5.74) is 4.00. The maximum atomic E-state index is 12.9. The summed E-state index contributed by atoms with van der Waals surface area (Å²) >= 11 is 1.74. The number of carbonyl (C=O) groups is 1. The van der Waals surface area contributed by atoms with Crippen LogP contribution in [0.2, 0.25) is 0 Å². The van der Waals surface area contributed by atoms with E-state index in [0.29, 0.717) is 29.4 Å². The number of hydrogen-bond acceptors (Lipinski definition) is 5. The summed E-state index contributed by atoms with van der Waals surface area (Å²) in [5.74, 6) is 0.360. The molecule has 0 aliphatic heterocycles. The van der Waals surface area contributed by atoms with Crippen LogP contribution < -0.4 is 5.32 Å². The number of thiophene rings is 1. The van der Waals surface area contributed by atoms with Crippen LogP contribution >= 0.6 is 11.3 Å². The number of fused-ring (bicyclic) bond motifs is 2. The second-order valence-electron chi connectivity index (χ2n) is 7.08. The van der Waals surface area contributed by atoms with Gasteiger partial charge in [0.1, 0.15) is 0 Å². The van der Waals surface area contributed by atoms with Gasteiger partial charge in [0.15, 0.2) is 0 Å². The van der Waals surface area contributed by atoms with Crippen molar-refractivity contribution in [3.05, 3.63) is 58.2 Å². The number of hydrogen-bond donors (Lipinski definition) is 1. The number of rotatable bonds is 5. The van der Waals surface area contributed by atoms with Gasteiger partial charge in [0.05, 0.1) is 16.6 Å². The third-order valence-corrected chi connectivity index (χ3v) is 6.13. The van der Waals surface area contributed by atoms with E-state index in [1.54, 1.807) is 11.3 Å². The fourth-order valence-corrected chi connectivity index (χ4v) is 4.51. The van der Waals surface area contributed by atoms with Gasteiger partial charge in [-0.05, 0) is 54.6 Å². The second kappa shape index (κ2) is 6.46. The first-order valence-electron chi connectivity index (χ1n) is 9.21. The number of amides is 1. The second-order valence-corrected chi connectivity index (χ2v) is 7.99. The van der Waals surface area contributed by atoms with Crippen molar-refractivity contribution >= 4 is 38.4 Å². The van der Waals surface area contributed by atoms with Crippen molar-refractivity contribution in [1.29, 1.82) is 0 Å². The zero-order valence-corrected chi connectivity index (χ0v) is 15.8. The maximum absolute atomic E-state index is 12.9. The van der Waals surface area contributed by atoms with Gasteiger partial charge in [0.25, 0.3) is 11.6 Å². The summed E-state index contributed by atoms with van der Waals surface area (Å²) < 4.78 is 6.61. The molecule has 6 heteroatoms. The van der Waals surface area contributed by atoms with Crippen molar-refractivity contribution in [2.45, 2.75) is 32.1 Å². The van der Waals surface area contributed by atoms with Gasteiger partial charge in [-0.25, -0.2) is 4.98 Å². The molecule has 0 spiro atoms. The van der Waals surface area contributed by atoms with Crippen molar-refractivity contribution in [2.24, 2.45) is 0 Å². The molecule has 1 fully saturated rings. The highest BCUT2D eigenvalue weighted by Gasteiger charge is 2.28. The smallest absolute Gasteiger partial charge is 0.259 e. The molecule has 3 aromatic heterocycles.